The molecule has 1 atom stereocenters. The molecule has 2 N–H and O–H groups in total. The molecule has 3 heterocycles. The summed E-state index contributed by atoms with van der Waals surface area (Å²) in [6.07, 6.45) is 5.63. The van der Waals surface area contributed by atoms with Crippen LogP contribution in [0.4, 0.5) is 5.82 Å². The van der Waals surface area contributed by atoms with E-state index in [-0.39, 0.29) is 17.3 Å². The topological polar surface area (TPSA) is 91.2 Å². The number of piperidine rings is 1. The summed E-state index contributed by atoms with van der Waals surface area (Å²) in [7, 11) is 0. The number of hydrogen-bond acceptors (Lipinski definition) is 6. The zero-order valence-electron chi connectivity index (χ0n) is 17.0. The molecule has 1 fully saturated rings. The first kappa shape index (κ1) is 20.2. The molecule has 0 aromatic carbocycles. The fourth-order valence-corrected chi connectivity index (χ4v) is 3.49. The standard InChI is InChI=1S/C21H29N5O2/c1-14(15-5-9-22-10-6-15)26-11-7-16(8-12-26)23-18-13-17(21(2,3)4)24-19(25-18)20(27)28/h5-6,9-10,13-14,16H,7-8,11-12H2,1-4H3,(H,27,28)(H,23,24,25). The molecule has 150 valence electrons. The molecule has 0 radical (unpaired) electrons. The minimum Gasteiger partial charge on any atom is -0.475 e. The number of rotatable bonds is 5. The summed E-state index contributed by atoms with van der Waals surface area (Å²) in [5, 5.41) is 12.8. The predicted molar refractivity (Wildman–Crippen MR) is 109 cm³/mol. The Morgan fingerprint density at radius 3 is 2.43 bits per heavy atom. The highest BCUT2D eigenvalue weighted by atomic mass is 16.4. The van der Waals surface area contributed by atoms with Gasteiger partial charge in [0.2, 0.25) is 5.82 Å². The lowest BCUT2D eigenvalue weighted by atomic mass is 9.92. The molecule has 3 rings (SSSR count). The lowest BCUT2D eigenvalue weighted by molar-refractivity contribution is 0.0683. The third-order valence-electron chi connectivity index (χ3n) is 5.30. The molecular formula is C21H29N5O2. The van der Waals surface area contributed by atoms with Crippen molar-refractivity contribution in [3.8, 4) is 0 Å². The molecule has 0 spiro atoms. The third kappa shape index (κ3) is 4.84. The molecule has 0 amide bonds. The number of anilines is 1. The zero-order valence-corrected chi connectivity index (χ0v) is 17.0. The van der Waals surface area contributed by atoms with Crippen LogP contribution >= 0.6 is 0 Å². The summed E-state index contributed by atoms with van der Waals surface area (Å²) >= 11 is 0. The highest BCUT2D eigenvalue weighted by Gasteiger charge is 2.25. The smallest absolute Gasteiger partial charge is 0.374 e. The first-order valence-corrected chi connectivity index (χ1v) is 9.77. The molecule has 0 bridgehead atoms. The molecule has 7 heteroatoms. The molecule has 1 aliphatic heterocycles. The van der Waals surface area contributed by atoms with Crippen molar-refractivity contribution in [2.45, 2.75) is 58.0 Å². The first-order chi connectivity index (χ1) is 13.2. The molecule has 1 unspecified atom stereocenters. The Labute approximate surface area is 166 Å². The van der Waals surface area contributed by atoms with Crippen LogP contribution in [-0.2, 0) is 5.41 Å². The van der Waals surface area contributed by atoms with Crippen LogP contribution in [0.15, 0.2) is 30.6 Å². The van der Waals surface area contributed by atoms with E-state index >= 15 is 0 Å². The Morgan fingerprint density at radius 2 is 1.86 bits per heavy atom. The predicted octanol–water partition coefficient (Wildman–Crippen LogP) is 3.50. The number of carbonyl (C=O) groups is 1. The van der Waals surface area contributed by atoms with E-state index in [1.54, 1.807) is 0 Å². The fraction of sp³-hybridized carbons (Fsp3) is 0.524. The van der Waals surface area contributed by atoms with Crippen molar-refractivity contribution in [3.05, 3.63) is 47.7 Å². The summed E-state index contributed by atoms with van der Waals surface area (Å²) in [4.78, 5) is 26.4. The second kappa shape index (κ2) is 8.22. The normalized spacial score (nSPS) is 17.3. The van der Waals surface area contributed by atoms with E-state index in [4.69, 9.17) is 0 Å². The monoisotopic (exact) mass is 383 g/mol. The van der Waals surface area contributed by atoms with Crippen LogP contribution in [0.3, 0.4) is 0 Å². The average Bonchev–Trinajstić information content (AvgIpc) is 2.68. The van der Waals surface area contributed by atoms with Gasteiger partial charge in [-0.2, -0.15) is 0 Å². The molecule has 0 aliphatic carbocycles. The maximum Gasteiger partial charge on any atom is 0.374 e. The van der Waals surface area contributed by atoms with Gasteiger partial charge >= 0.3 is 5.97 Å². The number of carboxylic acids is 1. The Morgan fingerprint density at radius 1 is 1.21 bits per heavy atom. The van der Waals surface area contributed by atoms with Gasteiger partial charge in [0.1, 0.15) is 5.82 Å². The van der Waals surface area contributed by atoms with E-state index in [9.17, 15) is 9.90 Å². The third-order valence-corrected chi connectivity index (χ3v) is 5.30. The maximum absolute atomic E-state index is 11.4. The maximum atomic E-state index is 11.4. The minimum atomic E-state index is -1.10. The largest absolute Gasteiger partial charge is 0.475 e. The molecule has 1 saturated heterocycles. The summed E-state index contributed by atoms with van der Waals surface area (Å²) < 4.78 is 0. The van der Waals surface area contributed by atoms with Crippen molar-refractivity contribution < 1.29 is 9.90 Å². The van der Waals surface area contributed by atoms with Crippen molar-refractivity contribution >= 4 is 11.8 Å². The SMILES string of the molecule is CC(c1ccncc1)N1CCC(Nc2cc(C(C)(C)C)nc(C(=O)O)n2)CC1. The molecule has 2 aromatic heterocycles. The number of nitrogens with one attached hydrogen (secondary N) is 1. The van der Waals surface area contributed by atoms with Crippen LogP contribution in [0.25, 0.3) is 0 Å². The van der Waals surface area contributed by atoms with Crippen molar-refractivity contribution in [2.75, 3.05) is 18.4 Å². The van der Waals surface area contributed by atoms with Gasteiger partial charge in [-0.25, -0.2) is 14.8 Å². The van der Waals surface area contributed by atoms with Crippen LogP contribution in [0.5, 0.6) is 0 Å². The van der Waals surface area contributed by atoms with Gasteiger partial charge in [0.15, 0.2) is 0 Å². The number of nitrogens with zero attached hydrogens (tertiary/aromatic N) is 4. The first-order valence-electron chi connectivity index (χ1n) is 9.77. The molecule has 0 saturated carbocycles. The van der Waals surface area contributed by atoms with Crippen LogP contribution in [0.2, 0.25) is 0 Å². The van der Waals surface area contributed by atoms with Gasteiger partial charge in [0.05, 0.1) is 5.69 Å². The van der Waals surface area contributed by atoms with E-state index in [0.717, 1.165) is 31.6 Å². The number of pyridine rings is 1. The van der Waals surface area contributed by atoms with Crippen LogP contribution in [-0.4, -0.2) is 50.1 Å². The summed E-state index contributed by atoms with van der Waals surface area (Å²) in [6, 6.07) is 6.63. The highest BCUT2D eigenvalue weighted by Crippen LogP contribution is 2.26. The molecule has 7 nitrogen and oxygen atoms in total. The van der Waals surface area contributed by atoms with Gasteiger partial charge in [-0.05, 0) is 37.5 Å². The van der Waals surface area contributed by atoms with E-state index in [1.165, 1.54) is 5.56 Å². The van der Waals surface area contributed by atoms with E-state index in [0.29, 0.717) is 11.9 Å². The summed E-state index contributed by atoms with van der Waals surface area (Å²) in [5.74, 6) is -0.660. The second-order valence-corrected chi connectivity index (χ2v) is 8.43. The van der Waals surface area contributed by atoms with Crippen molar-refractivity contribution in [1.82, 2.24) is 19.9 Å². The van der Waals surface area contributed by atoms with Gasteiger partial charge in [-0.15, -0.1) is 0 Å². The lowest BCUT2D eigenvalue weighted by Gasteiger charge is -2.36. The Balaban J connectivity index is 1.66. The van der Waals surface area contributed by atoms with E-state index in [2.05, 4.69) is 44.2 Å². The van der Waals surface area contributed by atoms with Crippen LogP contribution in [0.1, 0.15) is 68.5 Å². The molecule has 28 heavy (non-hydrogen) atoms. The van der Waals surface area contributed by atoms with Gasteiger partial charge in [0.25, 0.3) is 0 Å². The number of likely N-dealkylation sites (tertiary alicyclic amines) is 1. The second-order valence-electron chi connectivity index (χ2n) is 8.43. The van der Waals surface area contributed by atoms with Gasteiger partial charge in [-0.3, -0.25) is 9.88 Å². The van der Waals surface area contributed by atoms with E-state index in [1.807, 2.05) is 39.2 Å². The Kier molecular flexibility index (Phi) is 5.93. The molecular weight excluding hydrogens is 354 g/mol. The fourth-order valence-electron chi connectivity index (χ4n) is 3.49. The number of hydrogen-bond donors (Lipinski definition) is 2. The number of aromatic carboxylic acids is 1. The summed E-state index contributed by atoms with van der Waals surface area (Å²) in [5.41, 5.74) is 1.76. The Bertz CT molecular complexity index is 811. The van der Waals surface area contributed by atoms with Crippen LogP contribution in [0, 0.1) is 0 Å². The zero-order chi connectivity index (χ0) is 20.3. The molecule has 1 aliphatic rings. The summed E-state index contributed by atoms with van der Waals surface area (Å²) in [6.45, 7) is 10.2. The lowest BCUT2D eigenvalue weighted by Crippen LogP contribution is -2.40. The van der Waals surface area contributed by atoms with E-state index < -0.39 is 5.97 Å². The molecule has 2 aromatic rings. The van der Waals surface area contributed by atoms with Crippen LogP contribution < -0.4 is 5.32 Å². The number of aromatic nitrogens is 3. The van der Waals surface area contributed by atoms with Crippen molar-refractivity contribution in [1.29, 1.82) is 0 Å². The quantitative estimate of drug-likeness (QED) is 0.816. The average molecular weight is 383 g/mol. The number of carboxylic acid groups (broad SMARTS) is 1. The van der Waals surface area contributed by atoms with Crippen molar-refractivity contribution in [2.24, 2.45) is 0 Å². The minimum absolute atomic E-state index is 0.154. The van der Waals surface area contributed by atoms with Gasteiger partial charge in [0, 0.05) is 49.0 Å². The Hall–Kier alpha value is -2.54. The van der Waals surface area contributed by atoms with Gasteiger partial charge < -0.3 is 10.4 Å². The van der Waals surface area contributed by atoms with Gasteiger partial charge in [-0.1, -0.05) is 20.8 Å². The highest BCUT2D eigenvalue weighted by molar-refractivity contribution is 5.83. The van der Waals surface area contributed by atoms with Crippen molar-refractivity contribution in [3.63, 3.8) is 0 Å².